The van der Waals surface area contributed by atoms with Crippen molar-refractivity contribution in [3.63, 3.8) is 0 Å². The summed E-state index contributed by atoms with van der Waals surface area (Å²) in [6, 6.07) is 5.25. The van der Waals surface area contributed by atoms with Crippen molar-refractivity contribution in [2.75, 3.05) is 13.1 Å². The van der Waals surface area contributed by atoms with Crippen LogP contribution in [0.5, 0.6) is 0 Å². The van der Waals surface area contributed by atoms with E-state index in [0.29, 0.717) is 12.1 Å². The first-order valence-electron chi connectivity index (χ1n) is 8.70. The maximum atomic E-state index is 14.0. The molecule has 0 spiro atoms. The molecule has 1 aromatic carbocycles. The number of halogens is 2. The summed E-state index contributed by atoms with van der Waals surface area (Å²) in [4.78, 5) is 2.33. The molecule has 0 amide bonds. The van der Waals surface area contributed by atoms with Crippen LogP contribution in [-0.2, 0) is 6.54 Å². The van der Waals surface area contributed by atoms with Gasteiger partial charge in [-0.2, -0.15) is 0 Å². The third-order valence-corrected chi connectivity index (χ3v) is 5.00. The molecule has 1 aliphatic heterocycles. The van der Waals surface area contributed by atoms with E-state index in [0.717, 1.165) is 30.9 Å². The Bertz CT molecular complexity index is 600. The van der Waals surface area contributed by atoms with Crippen molar-refractivity contribution in [2.45, 2.75) is 46.1 Å². The number of benzene rings is 1. The van der Waals surface area contributed by atoms with E-state index < -0.39 is 0 Å². The molecule has 0 bridgehead atoms. The Kier molecular flexibility index (Phi) is 7.58. The van der Waals surface area contributed by atoms with E-state index in [1.54, 1.807) is 6.07 Å². The van der Waals surface area contributed by atoms with Gasteiger partial charge < -0.3 is 0 Å². The monoisotopic (exact) mass is 345 g/mol. The molecule has 0 saturated carbocycles. The predicted octanol–water partition coefficient (Wildman–Crippen LogP) is 5.49. The molecule has 24 heavy (non-hydrogen) atoms. The number of hydrogen-bond donors (Lipinski definition) is 0. The molecule has 1 saturated heterocycles. The zero-order valence-electron chi connectivity index (χ0n) is 14.7. The van der Waals surface area contributed by atoms with Crippen molar-refractivity contribution in [2.24, 2.45) is 5.92 Å². The fourth-order valence-electron chi connectivity index (χ4n) is 3.13. The van der Waals surface area contributed by atoms with E-state index in [1.807, 2.05) is 25.1 Å². The van der Waals surface area contributed by atoms with Crippen molar-refractivity contribution < 1.29 is 4.39 Å². The van der Waals surface area contributed by atoms with Crippen LogP contribution in [0, 0.1) is 11.7 Å². The highest BCUT2D eigenvalue weighted by Gasteiger charge is 2.20. The van der Waals surface area contributed by atoms with Crippen LogP contribution >= 0.6 is 11.6 Å². The zero-order valence-corrected chi connectivity index (χ0v) is 15.5. The molecule has 0 unspecified atom stereocenters. The van der Waals surface area contributed by atoms with Crippen LogP contribution in [0.3, 0.4) is 0 Å². The van der Waals surface area contributed by atoms with Crippen molar-refractivity contribution in [3.8, 4) is 0 Å². The average molecular weight is 346 g/mol. The summed E-state index contributed by atoms with van der Waals surface area (Å²) in [7, 11) is 5.65. The summed E-state index contributed by atoms with van der Waals surface area (Å²) >= 11 is 5.86. The Morgan fingerprint density at radius 2 is 2.00 bits per heavy atom. The van der Waals surface area contributed by atoms with Gasteiger partial charge in [0.1, 0.15) is 13.7 Å². The van der Waals surface area contributed by atoms with Crippen molar-refractivity contribution in [1.82, 2.24) is 4.90 Å². The molecule has 2 rings (SSSR count). The predicted molar refractivity (Wildman–Crippen MR) is 102 cm³/mol. The van der Waals surface area contributed by atoms with E-state index in [9.17, 15) is 4.39 Å². The fourth-order valence-corrected chi connectivity index (χ4v) is 3.33. The molecule has 1 aliphatic rings. The van der Waals surface area contributed by atoms with Crippen LogP contribution in [0.15, 0.2) is 41.4 Å². The number of rotatable bonds is 6. The van der Waals surface area contributed by atoms with Gasteiger partial charge in [-0.25, -0.2) is 4.39 Å². The summed E-state index contributed by atoms with van der Waals surface area (Å²) < 4.78 is 14.0. The smallest absolute Gasteiger partial charge is 0.146 e. The minimum atomic E-state index is -0.273. The standard InChI is InChI=1S/C20H26BClFN/c1-15(6-8-16(2)21)7-9-17-10-12-24(13-11-17)14-18-4-3-5-19(22)20(18)23/h3-6,8,17H,7,9-14H2,1-2H3/b15-6-,16-8+. The van der Waals surface area contributed by atoms with Gasteiger partial charge in [0.05, 0.1) is 5.02 Å². The molecule has 1 nitrogen and oxygen atoms in total. The number of piperidine rings is 1. The molecule has 0 N–H and O–H groups in total. The van der Waals surface area contributed by atoms with Crippen LogP contribution in [0.1, 0.15) is 45.1 Å². The first-order chi connectivity index (χ1) is 11.5. The van der Waals surface area contributed by atoms with E-state index in [4.69, 9.17) is 19.4 Å². The quantitative estimate of drug-likeness (QED) is 0.487. The van der Waals surface area contributed by atoms with E-state index >= 15 is 0 Å². The third-order valence-electron chi connectivity index (χ3n) is 4.71. The summed E-state index contributed by atoms with van der Waals surface area (Å²) in [5, 5.41) is 0.214. The first-order valence-corrected chi connectivity index (χ1v) is 9.08. The molecule has 1 aromatic rings. The topological polar surface area (TPSA) is 3.24 Å². The van der Waals surface area contributed by atoms with Gasteiger partial charge in [0.25, 0.3) is 0 Å². The molecular formula is C20H26BClFN. The van der Waals surface area contributed by atoms with Gasteiger partial charge in [0.15, 0.2) is 0 Å². The Labute approximate surface area is 152 Å². The van der Waals surface area contributed by atoms with Crippen molar-refractivity contribution in [3.05, 3.63) is 57.8 Å². The second kappa shape index (κ2) is 9.43. The number of likely N-dealkylation sites (tertiary alicyclic amines) is 1. The largest absolute Gasteiger partial charge is 0.299 e. The number of nitrogens with zero attached hydrogens (tertiary/aromatic N) is 1. The lowest BCUT2D eigenvalue weighted by atomic mass is 9.90. The van der Waals surface area contributed by atoms with Gasteiger partial charge in [0, 0.05) is 12.1 Å². The number of allylic oxidation sites excluding steroid dienone is 4. The molecule has 2 radical (unpaired) electrons. The molecule has 0 aliphatic carbocycles. The van der Waals surface area contributed by atoms with Crippen molar-refractivity contribution in [1.29, 1.82) is 0 Å². The Morgan fingerprint density at radius 1 is 1.29 bits per heavy atom. The first kappa shape index (κ1) is 19.3. The maximum Gasteiger partial charge on any atom is 0.146 e. The minimum absolute atomic E-state index is 0.214. The molecule has 0 atom stereocenters. The summed E-state index contributed by atoms with van der Waals surface area (Å²) in [5.74, 6) is 0.488. The molecule has 128 valence electrons. The van der Waals surface area contributed by atoms with Gasteiger partial charge in [-0.15, -0.1) is 5.47 Å². The summed E-state index contributed by atoms with van der Waals surface area (Å²) in [6.07, 6.45) is 8.79. The molecular weight excluding hydrogens is 319 g/mol. The molecule has 0 aromatic heterocycles. The van der Waals surface area contributed by atoms with Crippen LogP contribution in [0.2, 0.25) is 5.02 Å². The average Bonchev–Trinajstić information content (AvgIpc) is 2.56. The van der Waals surface area contributed by atoms with Gasteiger partial charge >= 0.3 is 0 Å². The Hall–Kier alpha value is -1.06. The zero-order chi connectivity index (χ0) is 17.5. The van der Waals surface area contributed by atoms with Crippen LogP contribution in [0.4, 0.5) is 4.39 Å². The second-order valence-electron chi connectivity index (χ2n) is 6.89. The SMILES string of the molecule is [B]/C(C)=C/C=C(/C)CCC1CCN(Cc2cccc(Cl)c2F)CC1. The van der Waals surface area contributed by atoms with Gasteiger partial charge in [-0.3, -0.25) is 4.90 Å². The normalized spacial score (nSPS) is 18.2. The molecule has 1 heterocycles. The highest BCUT2D eigenvalue weighted by molar-refractivity contribution is 6.30. The summed E-state index contributed by atoms with van der Waals surface area (Å²) in [5.41, 5.74) is 2.92. The molecule has 4 heteroatoms. The lowest BCUT2D eigenvalue weighted by molar-refractivity contribution is 0.171. The van der Waals surface area contributed by atoms with Gasteiger partial charge in [-0.1, -0.05) is 48.4 Å². The third kappa shape index (κ3) is 6.10. The van der Waals surface area contributed by atoms with Gasteiger partial charge in [0.2, 0.25) is 0 Å². The highest BCUT2D eigenvalue weighted by atomic mass is 35.5. The maximum absolute atomic E-state index is 14.0. The molecule has 1 fully saturated rings. The van der Waals surface area contributed by atoms with Crippen LogP contribution in [0.25, 0.3) is 0 Å². The van der Waals surface area contributed by atoms with E-state index in [-0.39, 0.29) is 10.8 Å². The minimum Gasteiger partial charge on any atom is -0.299 e. The lowest BCUT2D eigenvalue weighted by Gasteiger charge is -2.32. The fraction of sp³-hybridized carbons (Fsp3) is 0.500. The summed E-state index contributed by atoms with van der Waals surface area (Å²) in [6.45, 7) is 6.78. The Balaban J connectivity index is 1.76. The second-order valence-corrected chi connectivity index (χ2v) is 7.30. The van der Waals surface area contributed by atoms with E-state index in [1.165, 1.54) is 24.8 Å². The highest BCUT2D eigenvalue weighted by Crippen LogP contribution is 2.26. The van der Waals surface area contributed by atoms with Crippen LogP contribution in [-0.4, -0.2) is 25.8 Å². The number of hydrogen-bond acceptors (Lipinski definition) is 1. The lowest BCUT2D eigenvalue weighted by Crippen LogP contribution is -2.33. The van der Waals surface area contributed by atoms with Gasteiger partial charge in [-0.05, 0) is 57.7 Å². The van der Waals surface area contributed by atoms with Crippen molar-refractivity contribution >= 4 is 19.4 Å². The van der Waals surface area contributed by atoms with E-state index in [2.05, 4.69) is 17.9 Å². The Morgan fingerprint density at radius 3 is 2.67 bits per heavy atom. The van der Waals surface area contributed by atoms with Crippen LogP contribution < -0.4 is 0 Å².